The van der Waals surface area contributed by atoms with E-state index in [1.165, 1.54) is 22.3 Å². The summed E-state index contributed by atoms with van der Waals surface area (Å²) < 4.78 is 1.72. The molecule has 0 aliphatic carbocycles. The van der Waals surface area contributed by atoms with Gasteiger partial charge in [-0.3, -0.25) is 4.68 Å². The van der Waals surface area contributed by atoms with Crippen molar-refractivity contribution >= 4 is 0 Å². The maximum Gasteiger partial charge on any atom is 0.0861 e. The fourth-order valence-electron chi connectivity index (χ4n) is 2.46. The predicted molar refractivity (Wildman–Crippen MR) is 72.5 cm³/mol. The molecule has 0 amide bonds. The maximum atomic E-state index is 10.3. The Balaban J connectivity index is 2.24. The van der Waals surface area contributed by atoms with Gasteiger partial charge in [0.1, 0.15) is 0 Å². The standard InChI is InChI=1S/C15H20N2O/c1-10-5-11(2)14(12(3)6-10)7-15(18)13-8-16-17(4)9-13/h5-6,8-9,15,18H,7H2,1-4H3. The van der Waals surface area contributed by atoms with E-state index in [2.05, 4.69) is 38.0 Å². The lowest BCUT2D eigenvalue weighted by molar-refractivity contribution is 0.178. The van der Waals surface area contributed by atoms with Crippen LogP contribution >= 0.6 is 0 Å². The van der Waals surface area contributed by atoms with E-state index < -0.39 is 6.10 Å². The summed E-state index contributed by atoms with van der Waals surface area (Å²) in [6.45, 7) is 6.30. The molecule has 18 heavy (non-hydrogen) atoms. The highest BCUT2D eigenvalue weighted by atomic mass is 16.3. The minimum Gasteiger partial charge on any atom is -0.388 e. The molecule has 0 saturated heterocycles. The lowest BCUT2D eigenvalue weighted by Gasteiger charge is -2.14. The smallest absolute Gasteiger partial charge is 0.0861 e. The van der Waals surface area contributed by atoms with Gasteiger partial charge in [0.25, 0.3) is 0 Å². The van der Waals surface area contributed by atoms with E-state index in [4.69, 9.17) is 0 Å². The molecule has 0 bridgehead atoms. The Morgan fingerprint density at radius 3 is 2.33 bits per heavy atom. The van der Waals surface area contributed by atoms with Crippen molar-refractivity contribution in [1.82, 2.24) is 9.78 Å². The number of rotatable bonds is 3. The Kier molecular flexibility index (Phi) is 3.53. The molecule has 1 aromatic heterocycles. The van der Waals surface area contributed by atoms with Crippen LogP contribution in [0.15, 0.2) is 24.5 Å². The Hall–Kier alpha value is -1.61. The molecule has 3 heteroatoms. The Morgan fingerprint density at radius 2 is 1.83 bits per heavy atom. The first kappa shape index (κ1) is 12.8. The lowest BCUT2D eigenvalue weighted by atomic mass is 9.94. The number of hydrogen-bond donors (Lipinski definition) is 1. The summed E-state index contributed by atoms with van der Waals surface area (Å²) in [6, 6.07) is 4.33. The average molecular weight is 244 g/mol. The monoisotopic (exact) mass is 244 g/mol. The highest BCUT2D eigenvalue weighted by Gasteiger charge is 2.13. The minimum atomic E-state index is -0.487. The third-order valence-electron chi connectivity index (χ3n) is 3.35. The van der Waals surface area contributed by atoms with Crippen molar-refractivity contribution in [3.05, 3.63) is 52.3 Å². The van der Waals surface area contributed by atoms with Crippen molar-refractivity contribution in [2.75, 3.05) is 0 Å². The third kappa shape index (κ3) is 2.62. The molecule has 0 radical (unpaired) electrons. The largest absolute Gasteiger partial charge is 0.388 e. The summed E-state index contributed by atoms with van der Waals surface area (Å²) in [5.41, 5.74) is 5.87. The molecule has 0 saturated carbocycles. The lowest BCUT2D eigenvalue weighted by Crippen LogP contribution is -2.04. The molecule has 96 valence electrons. The number of nitrogens with zero attached hydrogens (tertiary/aromatic N) is 2. The van der Waals surface area contributed by atoms with Crippen LogP contribution in [-0.2, 0) is 13.5 Å². The zero-order valence-corrected chi connectivity index (χ0v) is 11.4. The fraction of sp³-hybridized carbons (Fsp3) is 0.400. The van der Waals surface area contributed by atoms with Crippen LogP contribution in [0.3, 0.4) is 0 Å². The van der Waals surface area contributed by atoms with Gasteiger partial charge in [-0.05, 0) is 37.5 Å². The van der Waals surface area contributed by atoms with Gasteiger partial charge in [0.15, 0.2) is 0 Å². The molecule has 2 rings (SSSR count). The predicted octanol–water partition coefficient (Wildman–Crippen LogP) is 2.62. The number of aromatic nitrogens is 2. The molecule has 0 aliphatic heterocycles. The minimum absolute atomic E-state index is 0.487. The van der Waals surface area contributed by atoms with Gasteiger partial charge in [-0.15, -0.1) is 0 Å². The van der Waals surface area contributed by atoms with Crippen LogP contribution in [0.25, 0.3) is 0 Å². The van der Waals surface area contributed by atoms with Gasteiger partial charge >= 0.3 is 0 Å². The van der Waals surface area contributed by atoms with Crippen LogP contribution in [0.4, 0.5) is 0 Å². The molecule has 0 aliphatic rings. The van der Waals surface area contributed by atoms with Crippen molar-refractivity contribution in [2.24, 2.45) is 7.05 Å². The second-order valence-corrected chi connectivity index (χ2v) is 5.04. The molecule has 1 aromatic carbocycles. The molecule has 0 spiro atoms. The van der Waals surface area contributed by atoms with Gasteiger partial charge in [-0.1, -0.05) is 17.7 Å². The molecule has 0 fully saturated rings. The average Bonchev–Trinajstić information content (AvgIpc) is 2.70. The first-order valence-electron chi connectivity index (χ1n) is 6.20. The zero-order chi connectivity index (χ0) is 13.3. The van der Waals surface area contributed by atoms with Crippen molar-refractivity contribution in [3.63, 3.8) is 0 Å². The van der Waals surface area contributed by atoms with Crippen molar-refractivity contribution in [3.8, 4) is 0 Å². The van der Waals surface area contributed by atoms with Crippen LogP contribution in [-0.4, -0.2) is 14.9 Å². The van der Waals surface area contributed by atoms with E-state index in [0.717, 1.165) is 5.56 Å². The fourth-order valence-corrected chi connectivity index (χ4v) is 2.46. The van der Waals surface area contributed by atoms with E-state index in [1.807, 2.05) is 13.2 Å². The Morgan fingerprint density at radius 1 is 1.22 bits per heavy atom. The van der Waals surface area contributed by atoms with Crippen LogP contribution < -0.4 is 0 Å². The highest BCUT2D eigenvalue weighted by Crippen LogP contribution is 2.23. The summed E-state index contributed by atoms with van der Waals surface area (Å²) in [4.78, 5) is 0. The van der Waals surface area contributed by atoms with Crippen LogP contribution in [0.2, 0.25) is 0 Å². The van der Waals surface area contributed by atoms with E-state index >= 15 is 0 Å². The Bertz CT molecular complexity index is 534. The summed E-state index contributed by atoms with van der Waals surface area (Å²) in [5.74, 6) is 0. The van der Waals surface area contributed by atoms with Crippen molar-refractivity contribution < 1.29 is 5.11 Å². The van der Waals surface area contributed by atoms with Gasteiger partial charge in [0, 0.05) is 25.2 Å². The van der Waals surface area contributed by atoms with Crippen LogP contribution in [0.1, 0.15) is 33.9 Å². The topological polar surface area (TPSA) is 38.1 Å². The summed E-state index contributed by atoms with van der Waals surface area (Å²) in [7, 11) is 1.86. The number of hydrogen-bond acceptors (Lipinski definition) is 2. The first-order valence-corrected chi connectivity index (χ1v) is 6.20. The summed E-state index contributed by atoms with van der Waals surface area (Å²) in [5, 5.41) is 14.3. The van der Waals surface area contributed by atoms with Crippen LogP contribution in [0, 0.1) is 20.8 Å². The molecule has 1 heterocycles. The van der Waals surface area contributed by atoms with Gasteiger partial charge in [-0.25, -0.2) is 0 Å². The van der Waals surface area contributed by atoms with E-state index in [-0.39, 0.29) is 0 Å². The second kappa shape index (κ2) is 4.94. The summed E-state index contributed by atoms with van der Waals surface area (Å²) in [6.07, 6.45) is 3.75. The molecule has 1 atom stereocenters. The molecular weight excluding hydrogens is 224 g/mol. The van der Waals surface area contributed by atoms with Crippen molar-refractivity contribution in [1.29, 1.82) is 0 Å². The van der Waals surface area contributed by atoms with E-state index in [9.17, 15) is 5.11 Å². The number of aryl methyl sites for hydroxylation is 4. The number of aliphatic hydroxyl groups excluding tert-OH is 1. The zero-order valence-electron chi connectivity index (χ0n) is 11.4. The summed E-state index contributed by atoms with van der Waals surface area (Å²) >= 11 is 0. The maximum absolute atomic E-state index is 10.3. The highest BCUT2D eigenvalue weighted by molar-refractivity contribution is 5.38. The molecule has 1 unspecified atom stereocenters. The van der Waals surface area contributed by atoms with Gasteiger partial charge in [-0.2, -0.15) is 5.10 Å². The molecule has 1 N–H and O–H groups in total. The quantitative estimate of drug-likeness (QED) is 0.901. The first-order chi connectivity index (χ1) is 8.47. The third-order valence-corrected chi connectivity index (χ3v) is 3.35. The van der Waals surface area contributed by atoms with Gasteiger partial charge in [0.2, 0.25) is 0 Å². The SMILES string of the molecule is Cc1cc(C)c(CC(O)c2cnn(C)c2)c(C)c1. The van der Waals surface area contributed by atoms with E-state index in [0.29, 0.717) is 6.42 Å². The van der Waals surface area contributed by atoms with Crippen molar-refractivity contribution in [2.45, 2.75) is 33.3 Å². The van der Waals surface area contributed by atoms with Gasteiger partial charge in [0.05, 0.1) is 12.3 Å². The molecular formula is C15H20N2O. The second-order valence-electron chi connectivity index (χ2n) is 5.04. The molecule has 2 aromatic rings. The van der Waals surface area contributed by atoms with Gasteiger partial charge < -0.3 is 5.11 Å². The Labute approximate surface area is 108 Å². The normalized spacial score (nSPS) is 12.7. The number of aliphatic hydroxyl groups is 1. The number of benzene rings is 1. The molecule has 3 nitrogen and oxygen atoms in total. The van der Waals surface area contributed by atoms with Crippen LogP contribution in [0.5, 0.6) is 0 Å². The van der Waals surface area contributed by atoms with E-state index in [1.54, 1.807) is 10.9 Å².